The van der Waals surface area contributed by atoms with E-state index < -0.39 is 23.7 Å². The molecule has 0 atom stereocenters. The second-order valence-electron chi connectivity index (χ2n) is 4.69. The summed E-state index contributed by atoms with van der Waals surface area (Å²) in [5, 5.41) is 0. The average molecular weight is 341 g/mol. The Bertz CT molecular complexity index is 478. The summed E-state index contributed by atoms with van der Waals surface area (Å²) in [6.45, 7) is 5.08. The van der Waals surface area contributed by atoms with Crippen LogP contribution in [-0.4, -0.2) is 17.9 Å². The van der Waals surface area contributed by atoms with Gasteiger partial charge >= 0.3 is 12.3 Å². The zero-order chi connectivity index (χ0) is 14.8. The van der Waals surface area contributed by atoms with Gasteiger partial charge in [-0.2, -0.15) is 0 Å². The maximum absolute atomic E-state index is 12.0. The van der Waals surface area contributed by atoms with E-state index in [0.29, 0.717) is 0 Å². The van der Waals surface area contributed by atoms with E-state index in [2.05, 4.69) is 20.7 Å². The van der Waals surface area contributed by atoms with Gasteiger partial charge in [0.25, 0.3) is 0 Å². The number of ether oxygens (including phenoxy) is 2. The molecule has 3 nitrogen and oxygen atoms in total. The quantitative estimate of drug-likeness (QED) is 0.753. The van der Waals surface area contributed by atoms with Gasteiger partial charge in [0, 0.05) is 4.47 Å². The molecule has 0 aliphatic heterocycles. The molecule has 0 spiro atoms. The molecule has 0 bridgehead atoms. The Morgan fingerprint density at radius 2 is 1.79 bits per heavy atom. The molecule has 0 radical (unpaired) electrons. The summed E-state index contributed by atoms with van der Waals surface area (Å²) in [5.74, 6) is -1.04. The molecule has 19 heavy (non-hydrogen) atoms. The van der Waals surface area contributed by atoms with Crippen molar-refractivity contribution in [2.45, 2.75) is 32.7 Å². The molecule has 1 aromatic rings. The highest BCUT2D eigenvalue weighted by atomic mass is 79.9. The maximum atomic E-state index is 12.0. The van der Waals surface area contributed by atoms with Crippen molar-refractivity contribution in [1.29, 1.82) is 0 Å². The minimum absolute atomic E-state index is 0.129. The molecule has 0 heterocycles. The standard InChI is InChI=1S/C12H12BrF3O3/c1-11(2,3)19-10(17)8-5-4-7(6-9(8)13)18-12(14,15)16/h4-6H,1-3H3. The topological polar surface area (TPSA) is 35.5 Å². The number of carbonyl (C=O) groups excluding carboxylic acids is 1. The van der Waals surface area contributed by atoms with Crippen molar-refractivity contribution in [3.05, 3.63) is 28.2 Å². The molecule has 0 N–H and O–H groups in total. The van der Waals surface area contributed by atoms with Crippen molar-refractivity contribution in [1.82, 2.24) is 0 Å². The van der Waals surface area contributed by atoms with Gasteiger partial charge in [0.15, 0.2) is 0 Å². The first kappa shape index (κ1) is 15.8. The Hall–Kier alpha value is -1.24. The van der Waals surface area contributed by atoms with Crippen LogP contribution in [0.2, 0.25) is 0 Å². The van der Waals surface area contributed by atoms with E-state index in [1.807, 2.05) is 0 Å². The fraction of sp³-hybridized carbons (Fsp3) is 0.417. The first-order valence-electron chi connectivity index (χ1n) is 5.26. The van der Waals surface area contributed by atoms with Crippen molar-refractivity contribution in [2.75, 3.05) is 0 Å². The molecule has 1 rings (SSSR count). The predicted octanol–water partition coefficient (Wildman–Crippen LogP) is 4.30. The van der Waals surface area contributed by atoms with Crippen molar-refractivity contribution in [2.24, 2.45) is 0 Å². The Balaban J connectivity index is 2.92. The smallest absolute Gasteiger partial charge is 0.456 e. The second kappa shape index (κ2) is 5.40. The first-order chi connectivity index (χ1) is 8.48. The number of esters is 1. The first-order valence-corrected chi connectivity index (χ1v) is 6.06. The Kier molecular flexibility index (Phi) is 4.50. The summed E-state index contributed by atoms with van der Waals surface area (Å²) in [5.41, 5.74) is -0.554. The Morgan fingerprint density at radius 3 is 2.21 bits per heavy atom. The third-order valence-electron chi connectivity index (χ3n) is 1.79. The van der Waals surface area contributed by atoms with Gasteiger partial charge in [-0.1, -0.05) is 0 Å². The van der Waals surface area contributed by atoms with Crippen LogP contribution in [0.15, 0.2) is 22.7 Å². The molecular formula is C12H12BrF3O3. The predicted molar refractivity (Wildman–Crippen MR) is 66.0 cm³/mol. The lowest BCUT2D eigenvalue weighted by atomic mass is 10.1. The van der Waals surface area contributed by atoms with E-state index in [0.717, 1.165) is 12.1 Å². The molecule has 1 aromatic carbocycles. The van der Waals surface area contributed by atoms with Crippen LogP contribution < -0.4 is 4.74 Å². The van der Waals surface area contributed by atoms with Gasteiger partial charge in [0.1, 0.15) is 11.4 Å². The van der Waals surface area contributed by atoms with Crippen LogP contribution in [0.3, 0.4) is 0 Å². The highest BCUT2D eigenvalue weighted by Crippen LogP contribution is 2.28. The summed E-state index contributed by atoms with van der Waals surface area (Å²) in [6, 6.07) is 3.32. The monoisotopic (exact) mass is 340 g/mol. The fourth-order valence-corrected chi connectivity index (χ4v) is 1.71. The van der Waals surface area contributed by atoms with Crippen molar-refractivity contribution in [3.8, 4) is 5.75 Å². The van der Waals surface area contributed by atoms with Crippen LogP contribution in [0.1, 0.15) is 31.1 Å². The molecule has 0 unspecified atom stereocenters. The summed E-state index contributed by atoms with van der Waals surface area (Å²) in [6.07, 6.45) is -4.77. The largest absolute Gasteiger partial charge is 0.573 e. The number of hydrogen-bond donors (Lipinski definition) is 0. The number of hydrogen-bond acceptors (Lipinski definition) is 3. The number of carbonyl (C=O) groups is 1. The Morgan fingerprint density at radius 1 is 1.21 bits per heavy atom. The van der Waals surface area contributed by atoms with Crippen molar-refractivity contribution < 1.29 is 27.4 Å². The van der Waals surface area contributed by atoms with Crippen LogP contribution in [0, 0.1) is 0 Å². The van der Waals surface area contributed by atoms with E-state index in [4.69, 9.17) is 4.74 Å². The molecule has 0 aromatic heterocycles. The van der Waals surface area contributed by atoms with E-state index in [9.17, 15) is 18.0 Å². The maximum Gasteiger partial charge on any atom is 0.573 e. The summed E-state index contributed by atoms with van der Waals surface area (Å²) in [4.78, 5) is 11.8. The van der Waals surface area contributed by atoms with Crippen LogP contribution in [0.25, 0.3) is 0 Å². The normalized spacial score (nSPS) is 12.2. The van der Waals surface area contributed by atoms with Gasteiger partial charge < -0.3 is 9.47 Å². The zero-order valence-electron chi connectivity index (χ0n) is 10.5. The van der Waals surface area contributed by atoms with Gasteiger partial charge in [-0.05, 0) is 54.9 Å². The van der Waals surface area contributed by atoms with Crippen LogP contribution in [-0.2, 0) is 4.74 Å². The van der Waals surface area contributed by atoms with Gasteiger partial charge in [-0.25, -0.2) is 4.79 Å². The van der Waals surface area contributed by atoms with Crippen LogP contribution in [0.5, 0.6) is 5.75 Å². The van der Waals surface area contributed by atoms with Crippen LogP contribution >= 0.6 is 15.9 Å². The van der Waals surface area contributed by atoms with E-state index in [1.165, 1.54) is 6.07 Å². The van der Waals surface area contributed by atoms with Gasteiger partial charge in [0.05, 0.1) is 5.56 Å². The summed E-state index contributed by atoms with van der Waals surface area (Å²) < 4.78 is 45.1. The SMILES string of the molecule is CC(C)(C)OC(=O)c1ccc(OC(F)(F)F)cc1Br. The molecule has 0 saturated carbocycles. The van der Waals surface area contributed by atoms with Crippen LogP contribution in [0.4, 0.5) is 13.2 Å². The lowest BCUT2D eigenvalue weighted by Gasteiger charge is -2.20. The number of rotatable bonds is 2. The molecule has 0 aliphatic carbocycles. The lowest BCUT2D eigenvalue weighted by molar-refractivity contribution is -0.274. The average Bonchev–Trinajstić information content (AvgIpc) is 2.11. The highest BCUT2D eigenvalue weighted by molar-refractivity contribution is 9.10. The van der Waals surface area contributed by atoms with E-state index >= 15 is 0 Å². The zero-order valence-corrected chi connectivity index (χ0v) is 12.1. The molecule has 106 valence electrons. The van der Waals surface area contributed by atoms with Crippen molar-refractivity contribution in [3.63, 3.8) is 0 Å². The van der Waals surface area contributed by atoms with Gasteiger partial charge in [-0.15, -0.1) is 13.2 Å². The van der Waals surface area contributed by atoms with Gasteiger partial charge in [0.2, 0.25) is 0 Å². The highest BCUT2D eigenvalue weighted by Gasteiger charge is 2.31. The second-order valence-corrected chi connectivity index (χ2v) is 5.55. The third kappa shape index (κ3) is 5.50. The lowest BCUT2D eigenvalue weighted by Crippen LogP contribution is -2.24. The summed E-state index contributed by atoms with van der Waals surface area (Å²) in [7, 11) is 0. The molecule has 7 heteroatoms. The van der Waals surface area contributed by atoms with Gasteiger partial charge in [-0.3, -0.25) is 0 Å². The minimum Gasteiger partial charge on any atom is -0.456 e. The third-order valence-corrected chi connectivity index (χ3v) is 2.45. The molecule has 0 saturated heterocycles. The number of alkyl halides is 3. The van der Waals surface area contributed by atoms with E-state index in [1.54, 1.807) is 20.8 Å². The number of benzene rings is 1. The Labute approximate surface area is 116 Å². The number of halogens is 4. The fourth-order valence-electron chi connectivity index (χ4n) is 1.19. The molecular weight excluding hydrogens is 329 g/mol. The minimum atomic E-state index is -4.77. The summed E-state index contributed by atoms with van der Waals surface area (Å²) >= 11 is 3.01. The molecule has 0 fully saturated rings. The molecule has 0 aliphatic rings. The van der Waals surface area contributed by atoms with E-state index in [-0.39, 0.29) is 10.0 Å². The molecule has 0 amide bonds. The van der Waals surface area contributed by atoms with Crippen molar-refractivity contribution >= 4 is 21.9 Å².